The molecule has 2 rings (SSSR count). The number of nitrogens with zero attached hydrogens (tertiary/aromatic N) is 1. The number of nitrogens with one attached hydrogen (secondary N) is 1. The number of hydrogen-bond donors (Lipinski definition) is 1. The zero-order valence-electron chi connectivity index (χ0n) is 11.0. The Labute approximate surface area is 110 Å². The van der Waals surface area contributed by atoms with Crippen molar-refractivity contribution >= 4 is 5.91 Å². The summed E-state index contributed by atoms with van der Waals surface area (Å²) < 4.78 is 6.37. The molecule has 1 aromatic carbocycles. The lowest BCUT2D eigenvalue weighted by atomic mass is 10.1. The van der Waals surface area contributed by atoms with E-state index in [1.807, 2.05) is 31.2 Å². The summed E-state index contributed by atoms with van der Waals surface area (Å²) in [5, 5.41) is 2.64. The lowest BCUT2D eigenvalue weighted by molar-refractivity contribution is -0.121. The summed E-state index contributed by atoms with van der Waals surface area (Å²) >= 11 is 0. The largest absolute Gasteiger partial charge is 0.365 e. The molecule has 1 aromatic heterocycles. The van der Waals surface area contributed by atoms with Crippen molar-refractivity contribution in [3.63, 3.8) is 0 Å². The summed E-state index contributed by atoms with van der Waals surface area (Å²) in [6, 6.07) is 7.61. The third-order valence-electron chi connectivity index (χ3n) is 2.81. The van der Waals surface area contributed by atoms with Crippen LogP contribution >= 0.6 is 0 Å². The Bertz CT molecular complexity index is 623. The van der Waals surface area contributed by atoms with Crippen LogP contribution in [0, 0.1) is 6.92 Å². The fraction of sp³-hybridized carbons (Fsp3) is 0.286. The average molecular weight is 260 g/mol. The molecule has 0 radical (unpaired) electrons. The molecule has 0 fully saturated rings. The van der Waals surface area contributed by atoms with Gasteiger partial charge in [0.2, 0.25) is 5.91 Å². The molecule has 100 valence electrons. The van der Waals surface area contributed by atoms with Crippen molar-refractivity contribution in [2.75, 3.05) is 0 Å². The minimum Gasteiger partial charge on any atom is -0.336 e. The fourth-order valence-corrected chi connectivity index (χ4v) is 1.67. The Morgan fingerprint density at radius 2 is 2.00 bits per heavy atom. The second kappa shape index (κ2) is 5.56. The molecule has 0 saturated carbocycles. The predicted molar refractivity (Wildman–Crippen MR) is 71.6 cm³/mol. The van der Waals surface area contributed by atoms with Crippen LogP contribution < -0.4 is 10.9 Å². The van der Waals surface area contributed by atoms with Crippen LogP contribution in [0.3, 0.4) is 0 Å². The van der Waals surface area contributed by atoms with E-state index in [0.29, 0.717) is 12.0 Å². The zero-order chi connectivity index (χ0) is 13.8. The Hall–Kier alpha value is -2.30. The molecule has 0 unspecified atom stereocenters. The SMILES string of the molecule is CCC(=O)NCn1cc(-c2ccc(C)cc2)c(=O)o1. The van der Waals surface area contributed by atoms with Crippen LogP contribution in [0.2, 0.25) is 0 Å². The number of carbonyl (C=O) groups excluding carboxylic acids is 1. The van der Waals surface area contributed by atoms with Crippen LogP contribution in [-0.2, 0) is 11.5 Å². The molecule has 5 nitrogen and oxygen atoms in total. The van der Waals surface area contributed by atoms with Crippen LogP contribution in [0.25, 0.3) is 11.1 Å². The van der Waals surface area contributed by atoms with Gasteiger partial charge in [-0.15, -0.1) is 0 Å². The molecule has 5 heteroatoms. The van der Waals surface area contributed by atoms with Gasteiger partial charge in [-0.2, -0.15) is 4.74 Å². The molecule has 0 spiro atoms. The van der Waals surface area contributed by atoms with Crippen molar-refractivity contribution < 1.29 is 9.32 Å². The number of aromatic nitrogens is 1. The fourth-order valence-electron chi connectivity index (χ4n) is 1.67. The van der Waals surface area contributed by atoms with E-state index in [2.05, 4.69) is 5.32 Å². The van der Waals surface area contributed by atoms with Crippen molar-refractivity contribution in [3.05, 3.63) is 46.4 Å². The van der Waals surface area contributed by atoms with Gasteiger partial charge >= 0.3 is 5.63 Å². The van der Waals surface area contributed by atoms with E-state index >= 15 is 0 Å². The van der Waals surface area contributed by atoms with E-state index in [0.717, 1.165) is 11.1 Å². The van der Waals surface area contributed by atoms with Crippen molar-refractivity contribution in [2.45, 2.75) is 26.9 Å². The minimum atomic E-state index is -0.408. The molecule has 0 bridgehead atoms. The molecule has 19 heavy (non-hydrogen) atoms. The molecule has 0 aliphatic heterocycles. The van der Waals surface area contributed by atoms with E-state index in [1.54, 1.807) is 13.1 Å². The first-order chi connectivity index (χ1) is 9.10. The van der Waals surface area contributed by atoms with Gasteiger partial charge in [-0.25, -0.2) is 4.79 Å². The van der Waals surface area contributed by atoms with Crippen molar-refractivity contribution in [3.8, 4) is 11.1 Å². The Morgan fingerprint density at radius 3 is 2.63 bits per heavy atom. The van der Waals surface area contributed by atoms with Gasteiger partial charge in [0.05, 0.1) is 11.8 Å². The van der Waals surface area contributed by atoms with Gasteiger partial charge < -0.3 is 9.84 Å². The molecule has 0 saturated heterocycles. The van der Waals surface area contributed by atoms with Gasteiger partial charge in [-0.1, -0.05) is 36.8 Å². The van der Waals surface area contributed by atoms with E-state index in [-0.39, 0.29) is 12.6 Å². The van der Waals surface area contributed by atoms with Gasteiger partial charge in [0, 0.05) is 6.42 Å². The summed E-state index contributed by atoms with van der Waals surface area (Å²) in [6.45, 7) is 3.91. The summed E-state index contributed by atoms with van der Waals surface area (Å²) in [4.78, 5) is 22.9. The molecule has 1 N–H and O–H groups in total. The van der Waals surface area contributed by atoms with Crippen LogP contribution in [0.4, 0.5) is 0 Å². The lowest BCUT2D eigenvalue weighted by Gasteiger charge is -2.01. The number of rotatable bonds is 4. The second-order valence-corrected chi connectivity index (χ2v) is 4.32. The van der Waals surface area contributed by atoms with E-state index < -0.39 is 5.63 Å². The maximum absolute atomic E-state index is 11.7. The number of benzene rings is 1. The first-order valence-corrected chi connectivity index (χ1v) is 6.14. The maximum Gasteiger partial charge on any atom is 0.365 e. The molecule has 1 amide bonds. The van der Waals surface area contributed by atoms with Gasteiger partial charge in [-0.3, -0.25) is 4.79 Å². The van der Waals surface area contributed by atoms with Crippen molar-refractivity contribution in [2.24, 2.45) is 0 Å². The summed E-state index contributed by atoms with van der Waals surface area (Å²) in [7, 11) is 0. The molecule has 0 aliphatic rings. The highest BCUT2D eigenvalue weighted by Gasteiger charge is 2.09. The summed E-state index contributed by atoms with van der Waals surface area (Å²) in [6.07, 6.45) is 2.00. The van der Waals surface area contributed by atoms with Crippen molar-refractivity contribution in [1.82, 2.24) is 10.1 Å². The average Bonchev–Trinajstić information content (AvgIpc) is 2.78. The first-order valence-electron chi connectivity index (χ1n) is 6.14. The number of hydrogen-bond acceptors (Lipinski definition) is 3. The first kappa shape index (κ1) is 13.1. The monoisotopic (exact) mass is 260 g/mol. The third-order valence-corrected chi connectivity index (χ3v) is 2.81. The highest BCUT2D eigenvalue weighted by molar-refractivity contribution is 5.75. The quantitative estimate of drug-likeness (QED) is 0.913. The molecule has 2 aromatic rings. The van der Waals surface area contributed by atoms with Gasteiger partial charge in [-0.05, 0) is 12.5 Å². The van der Waals surface area contributed by atoms with Gasteiger partial charge in [0.1, 0.15) is 6.67 Å². The van der Waals surface area contributed by atoms with Crippen molar-refractivity contribution in [1.29, 1.82) is 0 Å². The predicted octanol–water partition coefficient (Wildman–Crippen LogP) is 1.90. The van der Waals surface area contributed by atoms with E-state index in [1.165, 1.54) is 4.74 Å². The van der Waals surface area contributed by atoms with Crippen LogP contribution in [0.5, 0.6) is 0 Å². The Balaban J connectivity index is 2.19. The molecule has 0 aliphatic carbocycles. The van der Waals surface area contributed by atoms with Crippen LogP contribution in [0.15, 0.2) is 39.8 Å². The topological polar surface area (TPSA) is 64.2 Å². The minimum absolute atomic E-state index is 0.0896. The summed E-state index contributed by atoms with van der Waals surface area (Å²) in [5.41, 5.74) is 2.02. The number of carbonyl (C=O) groups is 1. The third kappa shape index (κ3) is 3.13. The zero-order valence-corrected chi connectivity index (χ0v) is 11.0. The van der Waals surface area contributed by atoms with Crippen LogP contribution in [0.1, 0.15) is 18.9 Å². The second-order valence-electron chi connectivity index (χ2n) is 4.32. The molecule has 1 heterocycles. The van der Waals surface area contributed by atoms with E-state index in [9.17, 15) is 9.59 Å². The Morgan fingerprint density at radius 1 is 1.32 bits per heavy atom. The number of amides is 1. The smallest absolute Gasteiger partial charge is 0.336 e. The highest BCUT2D eigenvalue weighted by Crippen LogP contribution is 2.16. The molecular formula is C14H16N2O3. The highest BCUT2D eigenvalue weighted by atomic mass is 16.5. The summed E-state index contributed by atoms with van der Waals surface area (Å²) in [5.74, 6) is -0.0896. The normalized spacial score (nSPS) is 10.4. The van der Waals surface area contributed by atoms with Gasteiger partial charge in [0.25, 0.3) is 0 Å². The van der Waals surface area contributed by atoms with E-state index in [4.69, 9.17) is 4.52 Å². The van der Waals surface area contributed by atoms with Gasteiger partial charge in [0.15, 0.2) is 0 Å². The maximum atomic E-state index is 11.7. The standard InChI is InChI=1S/C14H16N2O3/c1-3-13(17)15-9-16-8-12(14(18)19-16)11-6-4-10(2)5-7-11/h4-8H,3,9H2,1-2H3,(H,15,17). The molecular weight excluding hydrogens is 244 g/mol. The molecule has 0 atom stereocenters. The number of aryl methyl sites for hydroxylation is 1. The van der Waals surface area contributed by atoms with Crippen LogP contribution in [-0.4, -0.2) is 10.6 Å². The Kier molecular flexibility index (Phi) is 3.85. The lowest BCUT2D eigenvalue weighted by Crippen LogP contribution is -2.24.